The van der Waals surface area contributed by atoms with Gasteiger partial charge in [-0.2, -0.15) is 5.06 Å². The molecule has 2 saturated heterocycles. The number of carbonyl (C=O) groups excluding carboxylic acids is 2. The van der Waals surface area contributed by atoms with Crippen LogP contribution in [0, 0.1) is 5.41 Å². The lowest BCUT2D eigenvalue weighted by Gasteiger charge is -2.35. The minimum atomic E-state index is -0.532. The van der Waals surface area contributed by atoms with Crippen molar-refractivity contribution in [3.63, 3.8) is 0 Å². The second kappa shape index (κ2) is 4.31. The number of alkyl halides is 1. The molecule has 0 N–H and O–H groups in total. The number of amides is 2. The van der Waals surface area contributed by atoms with Crippen LogP contribution in [0.1, 0.15) is 19.3 Å². The molecule has 5 nitrogen and oxygen atoms in total. The van der Waals surface area contributed by atoms with Crippen LogP contribution in [0.4, 0.5) is 0 Å². The number of hydrogen-bond acceptors (Lipinski definition) is 4. The summed E-state index contributed by atoms with van der Waals surface area (Å²) in [5.74, 6) is -0.485. The average Bonchev–Trinajstić information content (AvgIpc) is 2.49. The molecule has 6 heteroatoms. The van der Waals surface area contributed by atoms with Crippen molar-refractivity contribution in [2.45, 2.75) is 19.3 Å². The van der Waals surface area contributed by atoms with Gasteiger partial charge in [0.05, 0.1) is 5.41 Å². The van der Waals surface area contributed by atoms with E-state index in [0.717, 1.165) is 31.0 Å². The fourth-order valence-electron chi connectivity index (χ4n) is 2.38. The number of carbonyl (C=O) groups is 2. The van der Waals surface area contributed by atoms with Gasteiger partial charge in [0.2, 0.25) is 0 Å². The van der Waals surface area contributed by atoms with E-state index in [2.05, 4.69) is 4.90 Å². The Bertz CT molecular complexity index is 313. The maximum atomic E-state index is 12.1. The molecule has 2 aliphatic heterocycles. The summed E-state index contributed by atoms with van der Waals surface area (Å²) < 4.78 is 0. The minimum Gasteiger partial charge on any atom is -0.306 e. The molecule has 0 aromatic heterocycles. The van der Waals surface area contributed by atoms with Gasteiger partial charge in [0.1, 0.15) is 6.07 Å². The molecule has 16 heavy (non-hydrogen) atoms. The van der Waals surface area contributed by atoms with Gasteiger partial charge in [0.25, 0.3) is 11.8 Å². The summed E-state index contributed by atoms with van der Waals surface area (Å²) in [6.07, 6.45) is 1.70. The largest absolute Gasteiger partial charge is 0.306 e. The third-order valence-corrected chi connectivity index (χ3v) is 3.57. The summed E-state index contributed by atoms with van der Waals surface area (Å²) in [5, 5.41) is 0.846. The van der Waals surface area contributed by atoms with Gasteiger partial charge >= 0.3 is 0 Å². The molecule has 0 aromatic carbocycles. The summed E-state index contributed by atoms with van der Waals surface area (Å²) in [6.45, 7) is 1.68. The second-order valence-electron chi connectivity index (χ2n) is 4.49. The van der Waals surface area contributed by atoms with Crippen molar-refractivity contribution in [2.75, 3.05) is 26.2 Å². The normalized spacial score (nSPS) is 25.8. The van der Waals surface area contributed by atoms with Crippen LogP contribution in [0.2, 0.25) is 0 Å². The van der Waals surface area contributed by atoms with Crippen LogP contribution >= 0.6 is 11.6 Å². The van der Waals surface area contributed by atoms with E-state index in [9.17, 15) is 9.59 Å². The van der Waals surface area contributed by atoms with E-state index in [1.54, 1.807) is 0 Å². The number of hydroxylamine groups is 2. The van der Waals surface area contributed by atoms with E-state index < -0.39 is 5.41 Å². The van der Waals surface area contributed by atoms with Gasteiger partial charge in [0, 0.05) is 6.42 Å². The Morgan fingerprint density at radius 3 is 2.56 bits per heavy atom. The van der Waals surface area contributed by atoms with Crippen LogP contribution in [0.3, 0.4) is 0 Å². The maximum absolute atomic E-state index is 12.1. The third-order valence-electron chi connectivity index (χ3n) is 3.48. The summed E-state index contributed by atoms with van der Waals surface area (Å²) in [5.41, 5.74) is -0.532. The number of piperidine rings is 1. The van der Waals surface area contributed by atoms with Crippen molar-refractivity contribution < 1.29 is 14.4 Å². The first-order valence-corrected chi connectivity index (χ1v) is 5.87. The molecule has 2 amide bonds. The predicted molar refractivity (Wildman–Crippen MR) is 57.4 cm³/mol. The second-order valence-corrected chi connectivity index (χ2v) is 4.71. The van der Waals surface area contributed by atoms with Crippen LogP contribution in [0.25, 0.3) is 0 Å². The molecule has 0 bridgehead atoms. The molecule has 2 rings (SSSR count). The standard InChI is InChI=1S/C10H15ClN2O3/c1-12-4-2-10(3-5-12)6-8(14)13(9(10)15)16-7-11/h2-7H2,1H3. The van der Waals surface area contributed by atoms with Gasteiger partial charge in [0.15, 0.2) is 0 Å². The highest BCUT2D eigenvalue weighted by Crippen LogP contribution is 2.41. The number of likely N-dealkylation sites (tertiary alicyclic amines) is 1. The van der Waals surface area contributed by atoms with E-state index in [1.165, 1.54) is 0 Å². The van der Waals surface area contributed by atoms with Crippen LogP contribution in [-0.2, 0) is 14.4 Å². The number of hydrogen-bond donors (Lipinski definition) is 0. The number of imide groups is 1. The lowest BCUT2D eigenvalue weighted by Crippen LogP contribution is -2.43. The molecule has 0 saturated carbocycles. The maximum Gasteiger partial charge on any atom is 0.260 e. The third kappa shape index (κ3) is 1.83. The van der Waals surface area contributed by atoms with Gasteiger partial charge < -0.3 is 4.90 Å². The van der Waals surface area contributed by atoms with Crippen molar-refractivity contribution in [1.29, 1.82) is 0 Å². The van der Waals surface area contributed by atoms with Gasteiger partial charge in [-0.15, -0.1) is 0 Å². The molecular formula is C10H15ClN2O3. The van der Waals surface area contributed by atoms with Gasteiger partial charge in [-0.25, -0.2) is 4.84 Å². The van der Waals surface area contributed by atoms with Gasteiger partial charge in [-0.3, -0.25) is 9.59 Å². The zero-order valence-corrected chi connectivity index (χ0v) is 10.00. The Morgan fingerprint density at radius 1 is 1.38 bits per heavy atom. The number of halogens is 1. The molecule has 1 spiro atoms. The summed E-state index contributed by atoms with van der Waals surface area (Å²) >= 11 is 5.39. The van der Waals surface area contributed by atoms with Crippen LogP contribution in [0.15, 0.2) is 0 Å². The van der Waals surface area contributed by atoms with E-state index in [1.807, 2.05) is 7.05 Å². The number of nitrogens with zero attached hydrogens (tertiary/aromatic N) is 2. The SMILES string of the molecule is CN1CCC2(CC1)CC(=O)N(OCCl)C2=O. The van der Waals surface area contributed by atoms with E-state index in [4.69, 9.17) is 16.4 Å². The van der Waals surface area contributed by atoms with Crippen molar-refractivity contribution in [1.82, 2.24) is 9.96 Å². The predicted octanol–water partition coefficient (Wildman–Crippen LogP) is 0.585. The van der Waals surface area contributed by atoms with E-state index in [0.29, 0.717) is 0 Å². The Balaban J connectivity index is 2.13. The van der Waals surface area contributed by atoms with Crippen molar-refractivity contribution in [3.8, 4) is 0 Å². The molecule has 0 radical (unpaired) electrons. The zero-order chi connectivity index (χ0) is 11.8. The Labute approximate surface area is 99.2 Å². The molecule has 0 aliphatic carbocycles. The highest BCUT2D eigenvalue weighted by Gasteiger charge is 2.53. The molecule has 90 valence electrons. The molecule has 0 aromatic rings. The van der Waals surface area contributed by atoms with Gasteiger partial charge in [-0.05, 0) is 33.0 Å². The number of rotatable bonds is 2. The smallest absolute Gasteiger partial charge is 0.260 e. The molecule has 2 heterocycles. The molecule has 0 unspecified atom stereocenters. The summed E-state index contributed by atoms with van der Waals surface area (Å²) in [6, 6.07) is -0.173. The fourth-order valence-corrected chi connectivity index (χ4v) is 2.48. The Kier molecular flexibility index (Phi) is 3.19. The van der Waals surface area contributed by atoms with Gasteiger partial charge in [-0.1, -0.05) is 11.6 Å². The first kappa shape index (κ1) is 11.8. The van der Waals surface area contributed by atoms with Crippen LogP contribution < -0.4 is 0 Å². The first-order chi connectivity index (χ1) is 7.59. The molecular weight excluding hydrogens is 232 g/mol. The summed E-state index contributed by atoms with van der Waals surface area (Å²) in [7, 11) is 2.02. The lowest BCUT2D eigenvalue weighted by molar-refractivity contribution is -0.185. The first-order valence-electron chi connectivity index (χ1n) is 5.34. The minimum absolute atomic E-state index is 0.173. The van der Waals surface area contributed by atoms with Crippen molar-refractivity contribution in [3.05, 3.63) is 0 Å². The van der Waals surface area contributed by atoms with Crippen molar-refractivity contribution in [2.24, 2.45) is 5.41 Å². The average molecular weight is 247 g/mol. The van der Waals surface area contributed by atoms with E-state index >= 15 is 0 Å². The van der Waals surface area contributed by atoms with E-state index in [-0.39, 0.29) is 24.3 Å². The Hall–Kier alpha value is -0.650. The molecule has 0 atom stereocenters. The van der Waals surface area contributed by atoms with Crippen molar-refractivity contribution >= 4 is 23.4 Å². The molecule has 2 aliphatic rings. The zero-order valence-electron chi connectivity index (χ0n) is 9.24. The topological polar surface area (TPSA) is 49.9 Å². The quantitative estimate of drug-likeness (QED) is 0.529. The fraction of sp³-hybridized carbons (Fsp3) is 0.800. The lowest BCUT2D eigenvalue weighted by atomic mass is 9.77. The summed E-state index contributed by atoms with van der Waals surface area (Å²) in [4.78, 5) is 30.8. The highest BCUT2D eigenvalue weighted by molar-refractivity contribution is 6.17. The highest BCUT2D eigenvalue weighted by atomic mass is 35.5. The van der Waals surface area contributed by atoms with Crippen LogP contribution in [0.5, 0.6) is 0 Å². The molecule has 2 fully saturated rings. The monoisotopic (exact) mass is 246 g/mol. The Morgan fingerprint density at radius 2 is 2.00 bits per heavy atom. The van der Waals surface area contributed by atoms with Crippen LogP contribution in [-0.4, -0.2) is 48.0 Å².